The molecule has 1 aliphatic rings. The summed E-state index contributed by atoms with van der Waals surface area (Å²) in [6.45, 7) is 1.65. The average Bonchev–Trinajstić information content (AvgIpc) is 2.46. The van der Waals surface area contributed by atoms with E-state index in [0.29, 0.717) is 6.04 Å². The summed E-state index contributed by atoms with van der Waals surface area (Å²) < 4.78 is 0.879. The predicted molar refractivity (Wildman–Crippen MR) is 90.8 cm³/mol. The third-order valence-corrected chi connectivity index (χ3v) is 4.77. The van der Waals surface area contributed by atoms with Crippen molar-refractivity contribution >= 4 is 39.2 Å². The van der Waals surface area contributed by atoms with Crippen LogP contribution in [0.2, 0.25) is 0 Å². The summed E-state index contributed by atoms with van der Waals surface area (Å²) in [5.74, 6) is 0.882. The fourth-order valence-corrected chi connectivity index (χ4v) is 3.12. The second kappa shape index (κ2) is 6.25. The van der Waals surface area contributed by atoms with Gasteiger partial charge in [0, 0.05) is 32.4 Å². The van der Waals surface area contributed by atoms with E-state index < -0.39 is 0 Å². The minimum Gasteiger partial charge on any atom is -0.366 e. The van der Waals surface area contributed by atoms with Crippen LogP contribution in [0.4, 0.5) is 11.5 Å². The SMILES string of the molecule is CSc1ncc(Br)c(N(C)C2CN(c3cn[nH]c(=O)c3)C2)n1. The van der Waals surface area contributed by atoms with Gasteiger partial charge in [-0.05, 0) is 22.2 Å². The van der Waals surface area contributed by atoms with Crippen LogP contribution in [0.25, 0.3) is 0 Å². The van der Waals surface area contributed by atoms with E-state index in [-0.39, 0.29) is 5.56 Å². The van der Waals surface area contributed by atoms with Gasteiger partial charge >= 0.3 is 0 Å². The normalized spacial score (nSPS) is 14.8. The van der Waals surface area contributed by atoms with E-state index in [2.05, 4.69) is 45.9 Å². The first-order valence-electron chi connectivity index (χ1n) is 6.67. The Hall–Kier alpha value is -1.61. The van der Waals surface area contributed by atoms with Crippen molar-refractivity contribution in [3.63, 3.8) is 0 Å². The maximum absolute atomic E-state index is 11.3. The summed E-state index contributed by atoms with van der Waals surface area (Å²) in [6, 6.07) is 1.90. The molecule has 0 unspecified atom stereocenters. The van der Waals surface area contributed by atoms with E-state index in [0.717, 1.165) is 34.2 Å². The molecule has 0 aliphatic carbocycles. The fourth-order valence-electron chi connectivity index (χ4n) is 2.31. The monoisotopic (exact) mass is 382 g/mol. The molecule has 7 nitrogen and oxygen atoms in total. The van der Waals surface area contributed by atoms with Crippen LogP contribution in [0.5, 0.6) is 0 Å². The van der Waals surface area contributed by atoms with Crippen LogP contribution < -0.4 is 15.4 Å². The van der Waals surface area contributed by atoms with E-state index in [1.807, 2.05) is 13.3 Å². The lowest BCUT2D eigenvalue weighted by atomic mass is 10.1. The van der Waals surface area contributed by atoms with Crippen LogP contribution in [-0.4, -0.2) is 52.6 Å². The molecule has 0 atom stereocenters. The Balaban J connectivity index is 1.71. The number of hydrogen-bond acceptors (Lipinski definition) is 7. The zero-order valence-corrected chi connectivity index (χ0v) is 14.6. The van der Waals surface area contributed by atoms with Gasteiger partial charge in [0.1, 0.15) is 5.82 Å². The molecule has 2 aromatic rings. The highest BCUT2D eigenvalue weighted by Gasteiger charge is 2.32. The maximum atomic E-state index is 11.3. The second-order valence-corrected chi connectivity index (χ2v) is 6.63. The van der Waals surface area contributed by atoms with Crippen LogP contribution in [0.1, 0.15) is 0 Å². The molecule has 2 aromatic heterocycles. The van der Waals surface area contributed by atoms with Crippen LogP contribution in [0, 0.1) is 0 Å². The Morgan fingerprint density at radius 1 is 1.45 bits per heavy atom. The second-order valence-electron chi connectivity index (χ2n) is 5.00. The van der Waals surface area contributed by atoms with E-state index in [1.54, 1.807) is 18.5 Å². The molecule has 0 bridgehead atoms. The van der Waals surface area contributed by atoms with Crippen molar-refractivity contribution in [2.75, 3.05) is 36.2 Å². The van der Waals surface area contributed by atoms with E-state index >= 15 is 0 Å². The number of anilines is 2. The van der Waals surface area contributed by atoms with E-state index in [9.17, 15) is 4.79 Å². The number of rotatable bonds is 4. The topological polar surface area (TPSA) is 78.0 Å². The lowest BCUT2D eigenvalue weighted by Gasteiger charge is -2.45. The van der Waals surface area contributed by atoms with Gasteiger partial charge in [0.15, 0.2) is 5.16 Å². The third kappa shape index (κ3) is 2.95. The smallest absolute Gasteiger partial charge is 0.266 e. The summed E-state index contributed by atoms with van der Waals surface area (Å²) in [5, 5.41) is 6.96. The van der Waals surface area contributed by atoms with Crippen molar-refractivity contribution < 1.29 is 0 Å². The number of likely N-dealkylation sites (N-methyl/N-ethyl adjacent to an activating group) is 1. The Kier molecular flexibility index (Phi) is 4.34. The first-order valence-corrected chi connectivity index (χ1v) is 8.69. The van der Waals surface area contributed by atoms with E-state index in [4.69, 9.17) is 0 Å². The van der Waals surface area contributed by atoms with Gasteiger partial charge in [0.2, 0.25) is 0 Å². The first kappa shape index (κ1) is 15.3. The summed E-state index contributed by atoms with van der Waals surface area (Å²) in [5.41, 5.74) is 0.664. The van der Waals surface area contributed by atoms with Crippen molar-refractivity contribution in [3.05, 3.63) is 33.3 Å². The number of aromatic nitrogens is 4. The maximum Gasteiger partial charge on any atom is 0.266 e. The lowest BCUT2D eigenvalue weighted by Crippen LogP contribution is -2.59. The Morgan fingerprint density at radius 2 is 2.23 bits per heavy atom. The highest BCUT2D eigenvalue weighted by atomic mass is 79.9. The number of hydrogen-bond donors (Lipinski definition) is 1. The number of H-pyrrole nitrogens is 1. The summed E-state index contributed by atoms with van der Waals surface area (Å²) in [6.07, 6.45) is 5.41. The molecule has 22 heavy (non-hydrogen) atoms. The van der Waals surface area contributed by atoms with Crippen molar-refractivity contribution in [2.24, 2.45) is 0 Å². The molecular weight excluding hydrogens is 368 g/mol. The summed E-state index contributed by atoms with van der Waals surface area (Å²) in [7, 11) is 2.02. The van der Waals surface area contributed by atoms with Crippen molar-refractivity contribution in [1.29, 1.82) is 0 Å². The standard InChI is InChI=1S/C13H15BrN6OS/c1-19(12-10(14)5-15-13(17-12)22-2)9-6-20(7-9)8-3-11(21)18-16-4-8/h3-5,9H,6-7H2,1-2H3,(H,18,21). The van der Waals surface area contributed by atoms with Gasteiger partial charge in [-0.3, -0.25) is 4.79 Å². The minimum atomic E-state index is -0.183. The molecule has 0 saturated carbocycles. The number of nitrogens with one attached hydrogen (secondary N) is 1. The molecule has 0 amide bonds. The van der Waals surface area contributed by atoms with Crippen LogP contribution >= 0.6 is 27.7 Å². The predicted octanol–water partition coefficient (Wildman–Crippen LogP) is 1.37. The van der Waals surface area contributed by atoms with Crippen LogP contribution in [-0.2, 0) is 0 Å². The van der Waals surface area contributed by atoms with Crippen LogP contribution in [0.3, 0.4) is 0 Å². The zero-order valence-electron chi connectivity index (χ0n) is 12.2. The van der Waals surface area contributed by atoms with E-state index in [1.165, 1.54) is 11.8 Å². The Morgan fingerprint density at radius 3 is 2.91 bits per heavy atom. The summed E-state index contributed by atoms with van der Waals surface area (Å²) >= 11 is 5.03. The third-order valence-electron chi connectivity index (χ3n) is 3.65. The minimum absolute atomic E-state index is 0.183. The lowest BCUT2D eigenvalue weighted by molar-refractivity contribution is 0.491. The number of nitrogens with zero attached hydrogens (tertiary/aromatic N) is 5. The van der Waals surface area contributed by atoms with Crippen LogP contribution in [0.15, 0.2) is 32.9 Å². The molecule has 3 heterocycles. The van der Waals surface area contributed by atoms with Gasteiger partial charge in [0.25, 0.3) is 5.56 Å². The molecule has 1 fully saturated rings. The van der Waals surface area contributed by atoms with Gasteiger partial charge < -0.3 is 9.80 Å². The summed E-state index contributed by atoms with van der Waals surface area (Å²) in [4.78, 5) is 24.4. The van der Waals surface area contributed by atoms with Gasteiger partial charge in [0.05, 0.1) is 22.4 Å². The van der Waals surface area contributed by atoms with Gasteiger partial charge in [-0.25, -0.2) is 15.1 Å². The average molecular weight is 383 g/mol. The largest absolute Gasteiger partial charge is 0.366 e. The van der Waals surface area contributed by atoms with Crippen molar-refractivity contribution in [2.45, 2.75) is 11.2 Å². The molecule has 1 N–H and O–H groups in total. The zero-order chi connectivity index (χ0) is 15.7. The van der Waals surface area contributed by atoms with Crippen molar-refractivity contribution in [3.8, 4) is 0 Å². The molecule has 1 aliphatic heterocycles. The Bertz CT molecular complexity index is 732. The highest BCUT2D eigenvalue weighted by Crippen LogP contribution is 2.29. The van der Waals surface area contributed by atoms with Gasteiger partial charge in [-0.1, -0.05) is 11.8 Å². The molecule has 0 spiro atoms. The van der Waals surface area contributed by atoms with Gasteiger partial charge in [-0.2, -0.15) is 5.10 Å². The molecule has 1 saturated heterocycles. The number of thioether (sulfide) groups is 1. The number of halogens is 1. The Labute approximate surface area is 140 Å². The van der Waals surface area contributed by atoms with Gasteiger partial charge in [-0.15, -0.1) is 0 Å². The highest BCUT2D eigenvalue weighted by molar-refractivity contribution is 9.10. The fraction of sp³-hybridized carbons (Fsp3) is 0.385. The molecular formula is C13H15BrN6OS. The molecule has 3 rings (SSSR count). The van der Waals surface area contributed by atoms with Crippen molar-refractivity contribution in [1.82, 2.24) is 20.2 Å². The first-order chi connectivity index (χ1) is 10.6. The quantitative estimate of drug-likeness (QED) is 0.631. The molecule has 116 valence electrons. The molecule has 0 radical (unpaired) electrons. The molecule has 9 heteroatoms. The number of aromatic amines is 1. The molecule has 0 aromatic carbocycles.